The number of nitrogen functional groups attached to an aromatic ring is 1. The Bertz CT molecular complexity index is 2380. The van der Waals surface area contributed by atoms with Gasteiger partial charge in [0.2, 0.25) is 0 Å². The normalized spacial score (nSPS) is 10.5. The van der Waals surface area contributed by atoms with E-state index in [9.17, 15) is 0 Å². The lowest BCUT2D eigenvalue weighted by Crippen LogP contribution is -1.99. The Morgan fingerprint density at radius 2 is 0.980 bits per heavy atom. The Labute approximate surface area is 318 Å². The van der Waals surface area contributed by atoms with Gasteiger partial charge in [-0.15, -0.1) is 0 Å². The number of halogens is 5. The predicted molar refractivity (Wildman–Crippen MR) is 211 cm³/mol. The van der Waals surface area contributed by atoms with E-state index in [1.807, 2.05) is 72.8 Å². The molecule has 0 aliphatic heterocycles. The number of nitrogens with one attached hydrogen (secondary N) is 1. The van der Waals surface area contributed by atoms with E-state index in [0.717, 1.165) is 49.3 Å². The smallest absolute Gasteiger partial charge is 0.163 e. The number of aromatic nitrogens is 6. The first kappa shape index (κ1) is 35.7. The summed E-state index contributed by atoms with van der Waals surface area (Å²) in [7, 11) is 0. The number of rotatable bonds is 4. The Morgan fingerprint density at radius 3 is 1.51 bits per heavy atom. The maximum atomic E-state index is 6.16. The van der Waals surface area contributed by atoms with Crippen LogP contribution in [0.2, 0.25) is 25.2 Å². The first-order valence-corrected chi connectivity index (χ1v) is 17.1. The van der Waals surface area contributed by atoms with Gasteiger partial charge < -0.3 is 11.1 Å². The number of hydrogen-bond acceptors (Lipinski definition) is 8. The minimum absolute atomic E-state index is 0.390. The van der Waals surface area contributed by atoms with Crippen LogP contribution in [0.4, 0.5) is 17.2 Å². The molecule has 0 spiro atoms. The molecule has 8 rings (SSSR count). The molecule has 0 unspecified atom stereocenters. The minimum atomic E-state index is 0.390. The predicted octanol–water partition coefficient (Wildman–Crippen LogP) is 11.7. The standard InChI is InChI=1S/C19H12Cl2N4.C13H7Cl2N3.C6H6ClN/c20-13-3-6-15(7-4-13)23-19-16-10-14(21)5-8-17(16)24-18(25-19)12-2-1-9-22-11-12;14-9-3-4-11-10(6-9)12(15)18-13(17-11)8-2-1-5-16-7-8;7-5-1-3-6(8)4-2-5/h1-11H,(H,23,24,25);1-7H;1-4H,8H2. The van der Waals surface area contributed by atoms with Gasteiger partial charge in [-0.25, -0.2) is 19.9 Å². The van der Waals surface area contributed by atoms with Crippen molar-refractivity contribution >= 4 is 97.0 Å². The number of fused-ring (bicyclic) bond motifs is 2. The lowest BCUT2D eigenvalue weighted by atomic mass is 10.2. The molecule has 4 aromatic carbocycles. The van der Waals surface area contributed by atoms with Crippen LogP contribution in [0.15, 0.2) is 134 Å². The average Bonchev–Trinajstić information content (AvgIpc) is 3.15. The van der Waals surface area contributed by atoms with Crippen molar-refractivity contribution < 1.29 is 0 Å². The van der Waals surface area contributed by atoms with Crippen molar-refractivity contribution in [1.82, 2.24) is 29.9 Å². The van der Waals surface area contributed by atoms with Crippen LogP contribution in [0, 0.1) is 0 Å². The lowest BCUT2D eigenvalue weighted by molar-refractivity contribution is 1.20. The highest BCUT2D eigenvalue weighted by molar-refractivity contribution is 6.36. The molecule has 0 aliphatic rings. The summed E-state index contributed by atoms with van der Waals surface area (Å²) in [6.45, 7) is 0. The van der Waals surface area contributed by atoms with E-state index in [0.29, 0.717) is 37.7 Å². The summed E-state index contributed by atoms with van der Waals surface area (Å²) in [5.41, 5.74) is 10.2. The molecule has 51 heavy (non-hydrogen) atoms. The largest absolute Gasteiger partial charge is 0.399 e. The monoisotopic (exact) mass is 768 g/mol. The van der Waals surface area contributed by atoms with Gasteiger partial charge >= 0.3 is 0 Å². The average molecular weight is 771 g/mol. The molecule has 8 aromatic rings. The molecule has 13 heteroatoms. The SMILES string of the molecule is Clc1ccc(Nc2nc(-c3cccnc3)nc3ccc(Cl)cc23)cc1.Clc1ccc2nc(-c3cccnc3)nc(Cl)c2c1.Nc1ccc(Cl)cc1. The van der Waals surface area contributed by atoms with Crippen LogP contribution in [0.5, 0.6) is 0 Å². The van der Waals surface area contributed by atoms with Gasteiger partial charge in [-0.05, 0) is 109 Å². The van der Waals surface area contributed by atoms with Crippen molar-refractivity contribution in [1.29, 1.82) is 0 Å². The summed E-state index contributed by atoms with van der Waals surface area (Å²) in [6, 6.07) is 32.9. The Kier molecular flexibility index (Phi) is 11.7. The molecule has 252 valence electrons. The van der Waals surface area contributed by atoms with Crippen molar-refractivity contribution in [2.45, 2.75) is 0 Å². The highest BCUT2D eigenvalue weighted by Gasteiger charge is 2.11. The maximum Gasteiger partial charge on any atom is 0.163 e. The zero-order chi connectivity index (χ0) is 35.7. The highest BCUT2D eigenvalue weighted by Crippen LogP contribution is 2.30. The van der Waals surface area contributed by atoms with Crippen molar-refractivity contribution in [3.05, 3.63) is 159 Å². The molecule has 4 heterocycles. The third kappa shape index (κ3) is 9.58. The number of nitrogens with two attached hydrogens (primary N) is 1. The van der Waals surface area contributed by atoms with E-state index in [1.54, 1.807) is 61.2 Å². The lowest BCUT2D eigenvalue weighted by Gasteiger charge is -2.11. The van der Waals surface area contributed by atoms with E-state index >= 15 is 0 Å². The summed E-state index contributed by atoms with van der Waals surface area (Å²) >= 11 is 29.8. The number of hydrogen-bond donors (Lipinski definition) is 2. The summed E-state index contributed by atoms with van der Waals surface area (Å²) in [6.07, 6.45) is 6.86. The van der Waals surface area contributed by atoms with Crippen molar-refractivity contribution in [3.63, 3.8) is 0 Å². The second kappa shape index (κ2) is 16.7. The molecule has 0 fully saturated rings. The number of pyridine rings is 2. The number of benzene rings is 4. The van der Waals surface area contributed by atoms with E-state index in [1.165, 1.54) is 0 Å². The van der Waals surface area contributed by atoms with Crippen LogP contribution >= 0.6 is 58.0 Å². The molecule has 0 radical (unpaired) electrons. The first-order chi connectivity index (χ1) is 24.7. The van der Waals surface area contributed by atoms with Crippen LogP contribution in [0.25, 0.3) is 44.6 Å². The third-order valence-corrected chi connectivity index (χ3v) is 8.35. The van der Waals surface area contributed by atoms with Crippen LogP contribution < -0.4 is 11.1 Å². The molecule has 0 aliphatic carbocycles. The van der Waals surface area contributed by atoms with Gasteiger partial charge in [0.1, 0.15) is 11.0 Å². The molecule has 0 bridgehead atoms. The summed E-state index contributed by atoms with van der Waals surface area (Å²) in [5, 5.41) is 7.94. The fraction of sp³-hybridized carbons (Fsp3) is 0. The first-order valence-electron chi connectivity index (χ1n) is 15.2. The van der Waals surface area contributed by atoms with Gasteiger partial charge in [-0.1, -0.05) is 58.0 Å². The van der Waals surface area contributed by atoms with E-state index in [4.69, 9.17) is 63.7 Å². The summed E-state index contributed by atoms with van der Waals surface area (Å²) in [5.74, 6) is 1.83. The summed E-state index contributed by atoms with van der Waals surface area (Å²) in [4.78, 5) is 26.2. The summed E-state index contributed by atoms with van der Waals surface area (Å²) < 4.78 is 0. The van der Waals surface area contributed by atoms with E-state index in [2.05, 4.69) is 35.2 Å². The van der Waals surface area contributed by atoms with Crippen molar-refractivity contribution in [3.8, 4) is 22.8 Å². The highest BCUT2D eigenvalue weighted by atomic mass is 35.5. The van der Waals surface area contributed by atoms with Crippen LogP contribution in [-0.4, -0.2) is 29.9 Å². The van der Waals surface area contributed by atoms with Crippen LogP contribution in [0.1, 0.15) is 0 Å². The van der Waals surface area contributed by atoms with Crippen molar-refractivity contribution in [2.75, 3.05) is 11.1 Å². The maximum absolute atomic E-state index is 6.16. The van der Waals surface area contributed by atoms with Gasteiger partial charge in [-0.3, -0.25) is 9.97 Å². The molecular weight excluding hydrogens is 746 g/mol. The molecule has 0 saturated heterocycles. The molecule has 4 aromatic heterocycles. The van der Waals surface area contributed by atoms with Gasteiger partial charge in [0, 0.05) is 78.2 Å². The molecule has 0 amide bonds. The Morgan fingerprint density at radius 1 is 0.490 bits per heavy atom. The molecule has 0 atom stereocenters. The van der Waals surface area contributed by atoms with E-state index < -0.39 is 0 Å². The topological polar surface area (TPSA) is 115 Å². The van der Waals surface area contributed by atoms with E-state index in [-0.39, 0.29) is 0 Å². The molecule has 0 saturated carbocycles. The van der Waals surface area contributed by atoms with Gasteiger partial charge in [0.25, 0.3) is 0 Å². The number of nitrogens with zero attached hydrogens (tertiary/aromatic N) is 6. The molecule has 8 nitrogen and oxygen atoms in total. The molecular formula is C38H25Cl5N8. The zero-order valence-electron chi connectivity index (χ0n) is 26.4. The number of anilines is 3. The Balaban J connectivity index is 0.000000150. The van der Waals surface area contributed by atoms with Gasteiger partial charge in [-0.2, -0.15) is 0 Å². The quantitative estimate of drug-likeness (QED) is 0.134. The fourth-order valence-electron chi connectivity index (χ4n) is 4.64. The van der Waals surface area contributed by atoms with Crippen molar-refractivity contribution in [2.24, 2.45) is 0 Å². The second-order valence-corrected chi connectivity index (χ2v) is 12.8. The third-order valence-electron chi connectivity index (χ3n) is 7.09. The van der Waals surface area contributed by atoms with Gasteiger partial charge in [0.05, 0.1) is 11.0 Å². The van der Waals surface area contributed by atoms with Gasteiger partial charge in [0.15, 0.2) is 11.6 Å². The van der Waals surface area contributed by atoms with Crippen LogP contribution in [0.3, 0.4) is 0 Å². The Hall–Kier alpha value is -5.09. The van der Waals surface area contributed by atoms with Crippen LogP contribution in [-0.2, 0) is 0 Å². The minimum Gasteiger partial charge on any atom is -0.399 e. The molecule has 3 N–H and O–H groups in total. The zero-order valence-corrected chi connectivity index (χ0v) is 30.1. The fourth-order valence-corrected chi connectivity index (χ4v) is 5.47. The second-order valence-electron chi connectivity index (χ2n) is 10.7.